The molecule has 0 unspecified atom stereocenters. The summed E-state index contributed by atoms with van der Waals surface area (Å²) in [6.07, 6.45) is 20.3. The molecular formula is C31H54CoO4. The van der Waals surface area contributed by atoms with Crippen molar-refractivity contribution in [1.82, 2.24) is 0 Å². The van der Waals surface area contributed by atoms with Gasteiger partial charge in [0, 0.05) is 0 Å². The predicted octanol–water partition coefficient (Wildman–Crippen LogP) is 6.70. The molecule has 0 bridgehead atoms. The SMILES string of the molecule is C.CCCCCCCCCc1cc[c]([Co][c]2ccc(CCCCCCCCC)cc2O)c(O)c1.O.O. The Bertz CT molecular complexity index is 729. The van der Waals surface area contributed by atoms with Gasteiger partial charge >= 0.3 is 196 Å². The summed E-state index contributed by atoms with van der Waals surface area (Å²) < 4.78 is 1.70. The fourth-order valence-electron chi connectivity index (χ4n) is 4.22. The van der Waals surface area contributed by atoms with Crippen molar-refractivity contribution >= 4 is 9.00 Å². The number of aryl methyl sites for hydroxylation is 2. The number of rotatable bonds is 18. The summed E-state index contributed by atoms with van der Waals surface area (Å²) in [5.41, 5.74) is 2.40. The van der Waals surface area contributed by atoms with E-state index in [1.165, 1.54) is 101 Å². The van der Waals surface area contributed by atoms with E-state index in [-0.39, 0.29) is 18.4 Å². The van der Waals surface area contributed by atoms with Gasteiger partial charge in [0.15, 0.2) is 0 Å². The molecule has 0 saturated heterocycles. The van der Waals surface area contributed by atoms with Crippen LogP contribution >= 0.6 is 0 Å². The predicted molar refractivity (Wildman–Crippen MR) is 153 cm³/mol. The Morgan fingerprint density at radius 1 is 0.528 bits per heavy atom. The van der Waals surface area contributed by atoms with Crippen LogP contribution in [0.5, 0.6) is 11.5 Å². The minimum atomic E-state index is 0. The van der Waals surface area contributed by atoms with Crippen molar-refractivity contribution in [1.29, 1.82) is 0 Å². The van der Waals surface area contributed by atoms with Crippen molar-refractivity contribution in [3.63, 3.8) is 0 Å². The van der Waals surface area contributed by atoms with Gasteiger partial charge in [-0.25, -0.2) is 0 Å². The van der Waals surface area contributed by atoms with Crippen molar-refractivity contribution in [2.24, 2.45) is 0 Å². The number of phenols is 2. The van der Waals surface area contributed by atoms with Gasteiger partial charge in [0.2, 0.25) is 0 Å². The van der Waals surface area contributed by atoms with Gasteiger partial charge in [-0.2, -0.15) is 0 Å². The smallest absolute Gasteiger partial charge is 0.412 e. The van der Waals surface area contributed by atoms with E-state index in [9.17, 15) is 10.2 Å². The van der Waals surface area contributed by atoms with Crippen molar-refractivity contribution in [3.8, 4) is 11.5 Å². The van der Waals surface area contributed by atoms with Crippen LogP contribution in [0.1, 0.15) is 122 Å². The number of hydrogen-bond donors (Lipinski definition) is 2. The number of hydrogen-bond acceptors (Lipinski definition) is 2. The molecule has 2 aromatic rings. The van der Waals surface area contributed by atoms with Gasteiger partial charge < -0.3 is 11.0 Å². The molecule has 4 nitrogen and oxygen atoms in total. The molecule has 0 spiro atoms. The molecule has 2 rings (SSSR count). The number of unbranched alkanes of at least 4 members (excludes halogenated alkanes) is 12. The van der Waals surface area contributed by atoms with E-state index in [0.717, 1.165) is 36.5 Å². The minimum absolute atomic E-state index is 0. The third-order valence-corrected chi connectivity index (χ3v) is 7.74. The quantitative estimate of drug-likeness (QED) is 0.202. The van der Waals surface area contributed by atoms with Crippen molar-refractivity contribution in [3.05, 3.63) is 47.5 Å². The summed E-state index contributed by atoms with van der Waals surface area (Å²) in [5, 5.41) is 21.1. The minimum Gasteiger partial charge on any atom is -0.412 e. The zero-order valence-electron chi connectivity index (χ0n) is 22.0. The number of phenolic OH excluding ortho intramolecular Hbond substituents is 2. The molecule has 6 N–H and O–H groups in total. The molecule has 36 heavy (non-hydrogen) atoms. The Kier molecular flexibility index (Phi) is 23.0. The average molecular weight is 550 g/mol. The first-order chi connectivity index (χ1) is 16.1. The van der Waals surface area contributed by atoms with Gasteiger partial charge in [0.05, 0.1) is 0 Å². The van der Waals surface area contributed by atoms with Gasteiger partial charge in [-0.15, -0.1) is 0 Å². The van der Waals surface area contributed by atoms with Crippen LogP contribution in [0.2, 0.25) is 0 Å². The first-order valence-electron chi connectivity index (χ1n) is 13.4. The summed E-state index contributed by atoms with van der Waals surface area (Å²) >= 11 is 0.891. The zero-order valence-corrected chi connectivity index (χ0v) is 23.0. The Hall–Kier alpha value is -1.53. The van der Waals surface area contributed by atoms with Crippen LogP contribution < -0.4 is 9.00 Å². The summed E-state index contributed by atoms with van der Waals surface area (Å²) in [6.45, 7) is 4.51. The number of benzene rings is 2. The van der Waals surface area contributed by atoms with Crippen LogP contribution in [0.4, 0.5) is 0 Å². The van der Waals surface area contributed by atoms with E-state index in [2.05, 4.69) is 26.0 Å². The maximum atomic E-state index is 10.5. The first-order valence-corrected chi connectivity index (χ1v) is 14.4. The van der Waals surface area contributed by atoms with Crippen molar-refractivity contribution < 1.29 is 35.9 Å². The van der Waals surface area contributed by atoms with E-state index in [4.69, 9.17) is 0 Å². The maximum absolute atomic E-state index is 10.5. The van der Waals surface area contributed by atoms with E-state index < -0.39 is 0 Å². The van der Waals surface area contributed by atoms with E-state index in [1.54, 1.807) is 0 Å². The van der Waals surface area contributed by atoms with E-state index in [1.807, 2.05) is 24.3 Å². The molecule has 0 saturated carbocycles. The second-order valence-corrected chi connectivity index (χ2v) is 10.7. The second-order valence-electron chi connectivity index (χ2n) is 9.35. The van der Waals surface area contributed by atoms with Crippen LogP contribution in [-0.2, 0) is 27.5 Å². The molecule has 211 valence electrons. The fourth-order valence-corrected chi connectivity index (χ4v) is 5.29. The molecule has 0 aliphatic rings. The molecular weight excluding hydrogens is 495 g/mol. The second kappa shape index (κ2) is 22.6. The first kappa shape index (κ1) is 36.6. The maximum Gasteiger partial charge on any atom is -0.412 e. The summed E-state index contributed by atoms with van der Waals surface area (Å²) in [7, 11) is 0. The Balaban J connectivity index is 0. The zero-order chi connectivity index (χ0) is 23.7. The molecule has 5 heteroatoms. The number of aromatic hydroxyl groups is 2. The van der Waals surface area contributed by atoms with Crippen LogP contribution in [0, 0.1) is 0 Å². The van der Waals surface area contributed by atoms with Crippen molar-refractivity contribution in [2.45, 2.75) is 124 Å². The Morgan fingerprint density at radius 2 is 0.861 bits per heavy atom. The molecule has 0 heterocycles. The molecule has 0 aliphatic heterocycles. The fraction of sp³-hybridized carbons (Fsp3) is 0.613. The van der Waals surface area contributed by atoms with Crippen LogP contribution in [0.25, 0.3) is 0 Å². The normalized spacial score (nSPS) is 10.4. The van der Waals surface area contributed by atoms with Crippen molar-refractivity contribution in [2.75, 3.05) is 0 Å². The summed E-state index contributed by atoms with van der Waals surface area (Å²) in [4.78, 5) is 0. The topological polar surface area (TPSA) is 103 Å². The Morgan fingerprint density at radius 3 is 1.19 bits per heavy atom. The van der Waals surface area contributed by atoms with Gasteiger partial charge in [-0.05, 0) is 0 Å². The molecule has 0 fully saturated rings. The van der Waals surface area contributed by atoms with Crippen LogP contribution in [0.3, 0.4) is 0 Å². The van der Waals surface area contributed by atoms with Gasteiger partial charge in [0.1, 0.15) is 0 Å². The van der Waals surface area contributed by atoms with E-state index >= 15 is 0 Å². The third-order valence-electron chi connectivity index (χ3n) is 6.30. The summed E-state index contributed by atoms with van der Waals surface area (Å²) in [6, 6.07) is 12.1. The third kappa shape index (κ3) is 14.9. The molecule has 0 aliphatic carbocycles. The average Bonchev–Trinajstić information content (AvgIpc) is 2.81. The van der Waals surface area contributed by atoms with Crippen LogP contribution in [0.15, 0.2) is 36.4 Å². The molecule has 0 aromatic heterocycles. The molecule has 0 amide bonds. The van der Waals surface area contributed by atoms with Gasteiger partial charge in [0.25, 0.3) is 0 Å². The Labute approximate surface area is 227 Å². The monoisotopic (exact) mass is 549 g/mol. The molecule has 0 radical (unpaired) electrons. The largest absolute Gasteiger partial charge is 0.412 e. The standard InChI is InChI=1S/2C15H23O.CH4.Co.2H2O/c2*1-2-3-4-5-6-7-8-10-14-11-9-12-15(16)13-14;;;;/h2*9,11,13,16H,2-8,10H2,1H3;1H4;;2*1H2. The van der Waals surface area contributed by atoms with E-state index in [0.29, 0.717) is 11.5 Å². The molecule has 2 aromatic carbocycles. The van der Waals surface area contributed by atoms with Gasteiger partial charge in [-0.1, -0.05) is 21.3 Å². The molecule has 0 atom stereocenters. The van der Waals surface area contributed by atoms with Gasteiger partial charge in [-0.3, -0.25) is 0 Å². The summed E-state index contributed by atoms with van der Waals surface area (Å²) in [5.74, 6) is 0.670. The van der Waals surface area contributed by atoms with Crippen LogP contribution in [-0.4, -0.2) is 21.2 Å².